The highest BCUT2D eigenvalue weighted by Gasteiger charge is 2.23. The third-order valence-electron chi connectivity index (χ3n) is 2.00. The third kappa shape index (κ3) is 2.51. The molecule has 0 unspecified atom stereocenters. The highest BCUT2D eigenvalue weighted by atomic mass is 32.1. The van der Waals surface area contributed by atoms with Crippen LogP contribution in [0.4, 0.5) is 10.7 Å². The Morgan fingerprint density at radius 3 is 2.88 bits per heavy atom. The monoisotopic (exact) mass is 240 g/mol. The van der Waals surface area contributed by atoms with Crippen molar-refractivity contribution >= 4 is 22.0 Å². The molecule has 0 spiro atoms. The number of terminal acetylenes is 1. The van der Waals surface area contributed by atoms with E-state index < -0.39 is 11.0 Å². The zero-order valence-corrected chi connectivity index (χ0v) is 9.82. The first-order valence-electron chi connectivity index (χ1n) is 4.58. The van der Waals surface area contributed by atoms with Gasteiger partial charge in [0.1, 0.15) is 0 Å². The SMILES string of the molecule is C#CCN(C)c1sc([C@H](C)O)cc1[N+](=O)[O-]. The average molecular weight is 240 g/mol. The molecule has 0 amide bonds. The molecule has 1 rings (SSSR count). The molecule has 0 aromatic carbocycles. The molecular formula is C10H12N2O3S. The quantitative estimate of drug-likeness (QED) is 0.495. The van der Waals surface area contributed by atoms with E-state index in [4.69, 9.17) is 6.42 Å². The number of aliphatic hydroxyl groups is 1. The van der Waals surface area contributed by atoms with Crippen molar-refractivity contribution in [2.24, 2.45) is 0 Å². The van der Waals surface area contributed by atoms with E-state index in [9.17, 15) is 15.2 Å². The lowest BCUT2D eigenvalue weighted by atomic mass is 10.3. The summed E-state index contributed by atoms with van der Waals surface area (Å²) in [5.41, 5.74) is -0.0151. The summed E-state index contributed by atoms with van der Waals surface area (Å²) in [6.45, 7) is 1.86. The molecule has 0 radical (unpaired) electrons. The van der Waals surface area contributed by atoms with E-state index in [0.717, 1.165) is 0 Å². The summed E-state index contributed by atoms with van der Waals surface area (Å²) in [6.07, 6.45) is 4.44. The lowest BCUT2D eigenvalue weighted by molar-refractivity contribution is -0.383. The Balaban J connectivity index is 3.15. The van der Waals surface area contributed by atoms with E-state index >= 15 is 0 Å². The number of aliphatic hydroxyl groups excluding tert-OH is 1. The van der Waals surface area contributed by atoms with Crippen molar-refractivity contribution in [1.29, 1.82) is 0 Å². The zero-order valence-electron chi connectivity index (χ0n) is 9.01. The van der Waals surface area contributed by atoms with Gasteiger partial charge in [-0.05, 0) is 6.92 Å². The van der Waals surface area contributed by atoms with Crippen LogP contribution in [0.3, 0.4) is 0 Å². The lowest BCUT2D eigenvalue weighted by Gasteiger charge is -2.12. The van der Waals surface area contributed by atoms with E-state index in [0.29, 0.717) is 16.4 Å². The van der Waals surface area contributed by atoms with Gasteiger partial charge in [0, 0.05) is 18.0 Å². The molecule has 1 aromatic rings. The summed E-state index contributed by atoms with van der Waals surface area (Å²) >= 11 is 1.18. The van der Waals surface area contributed by atoms with Crippen molar-refractivity contribution in [1.82, 2.24) is 0 Å². The number of hydrogen-bond donors (Lipinski definition) is 1. The number of hydrogen-bond acceptors (Lipinski definition) is 5. The third-order valence-corrected chi connectivity index (χ3v) is 3.41. The van der Waals surface area contributed by atoms with Crippen LogP contribution in [0, 0.1) is 22.5 Å². The molecular weight excluding hydrogens is 228 g/mol. The van der Waals surface area contributed by atoms with Gasteiger partial charge in [-0.1, -0.05) is 5.92 Å². The van der Waals surface area contributed by atoms with Gasteiger partial charge in [0.2, 0.25) is 0 Å². The van der Waals surface area contributed by atoms with E-state index in [1.165, 1.54) is 17.4 Å². The largest absolute Gasteiger partial charge is 0.388 e. The van der Waals surface area contributed by atoms with Crippen LogP contribution in [0.2, 0.25) is 0 Å². The Bertz CT molecular complexity index is 434. The van der Waals surface area contributed by atoms with E-state index in [2.05, 4.69) is 5.92 Å². The molecule has 0 aliphatic rings. The second-order valence-corrected chi connectivity index (χ2v) is 4.39. The first kappa shape index (κ1) is 12.5. The lowest BCUT2D eigenvalue weighted by Crippen LogP contribution is -2.16. The Labute approximate surface area is 97.5 Å². The Kier molecular flexibility index (Phi) is 3.88. The second kappa shape index (κ2) is 4.96. The molecule has 86 valence electrons. The summed E-state index contributed by atoms with van der Waals surface area (Å²) in [4.78, 5) is 12.5. The number of anilines is 1. The van der Waals surface area contributed by atoms with E-state index in [1.54, 1.807) is 18.9 Å². The van der Waals surface area contributed by atoms with Crippen molar-refractivity contribution in [2.75, 3.05) is 18.5 Å². The van der Waals surface area contributed by atoms with Crippen molar-refractivity contribution in [2.45, 2.75) is 13.0 Å². The van der Waals surface area contributed by atoms with Crippen LogP contribution in [0.25, 0.3) is 0 Å². The minimum atomic E-state index is -0.711. The summed E-state index contributed by atoms with van der Waals surface area (Å²) in [7, 11) is 1.69. The van der Waals surface area contributed by atoms with Gasteiger partial charge in [-0.15, -0.1) is 17.8 Å². The topological polar surface area (TPSA) is 66.6 Å². The van der Waals surface area contributed by atoms with Gasteiger partial charge in [-0.2, -0.15) is 0 Å². The summed E-state index contributed by atoms with van der Waals surface area (Å²) in [5.74, 6) is 2.42. The highest BCUT2D eigenvalue weighted by Crippen LogP contribution is 2.39. The predicted molar refractivity (Wildman–Crippen MR) is 63.7 cm³/mol. The summed E-state index contributed by atoms with van der Waals surface area (Å²) in [6, 6.07) is 1.39. The van der Waals surface area contributed by atoms with Gasteiger partial charge in [0.25, 0.3) is 0 Å². The van der Waals surface area contributed by atoms with Gasteiger partial charge >= 0.3 is 5.69 Å². The molecule has 0 bridgehead atoms. The highest BCUT2D eigenvalue weighted by molar-refractivity contribution is 7.16. The van der Waals surface area contributed by atoms with Crippen LogP contribution in [-0.4, -0.2) is 23.6 Å². The molecule has 1 heterocycles. The number of thiophene rings is 1. The van der Waals surface area contributed by atoms with Gasteiger partial charge in [-0.3, -0.25) is 10.1 Å². The van der Waals surface area contributed by atoms with Crippen molar-refractivity contribution in [3.63, 3.8) is 0 Å². The maximum atomic E-state index is 10.8. The Morgan fingerprint density at radius 1 is 1.81 bits per heavy atom. The van der Waals surface area contributed by atoms with Gasteiger partial charge < -0.3 is 10.0 Å². The zero-order chi connectivity index (χ0) is 12.3. The standard InChI is InChI=1S/C10H12N2O3S/c1-4-5-11(3)10-8(12(14)15)6-9(16-10)7(2)13/h1,6-7,13H,5H2,2-3H3/t7-/m0/s1. The molecule has 0 saturated heterocycles. The van der Waals surface area contributed by atoms with Crippen LogP contribution in [0.5, 0.6) is 0 Å². The molecule has 1 aromatic heterocycles. The van der Waals surface area contributed by atoms with Crippen LogP contribution < -0.4 is 4.90 Å². The predicted octanol–water partition coefficient (Wildman–Crippen LogP) is 1.78. The van der Waals surface area contributed by atoms with Crippen molar-refractivity contribution in [3.05, 3.63) is 21.1 Å². The summed E-state index contributed by atoms with van der Waals surface area (Å²) < 4.78 is 0. The maximum absolute atomic E-state index is 10.8. The Hall–Kier alpha value is -1.58. The van der Waals surface area contributed by atoms with Crippen LogP contribution >= 0.6 is 11.3 Å². The molecule has 1 atom stereocenters. The molecule has 0 saturated carbocycles. The van der Waals surface area contributed by atoms with E-state index in [1.807, 2.05) is 0 Å². The number of rotatable bonds is 4. The van der Waals surface area contributed by atoms with Gasteiger partial charge in [0.05, 0.1) is 17.6 Å². The first-order chi connectivity index (χ1) is 7.47. The average Bonchev–Trinajstić information content (AvgIpc) is 2.62. The smallest absolute Gasteiger partial charge is 0.304 e. The normalized spacial score (nSPS) is 11.9. The molecule has 0 aliphatic carbocycles. The van der Waals surface area contributed by atoms with Crippen LogP contribution in [0.1, 0.15) is 17.9 Å². The number of nitrogens with zero attached hydrogens (tertiary/aromatic N) is 2. The first-order valence-corrected chi connectivity index (χ1v) is 5.39. The minimum Gasteiger partial charge on any atom is -0.388 e. The molecule has 5 nitrogen and oxygen atoms in total. The van der Waals surface area contributed by atoms with Crippen molar-refractivity contribution in [3.8, 4) is 12.3 Å². The molecule has 0 fully saturated rings. The Morgan fingerprint density at radius 2 is 2.44 bits per heavy atom. The molecule has 0 aliphatic heterocycles. The fraction of sp³-hybridized carbons (Fsp3) is 0.400. The molecule has 6 heteroatoms. The van der Waals surface area contributed by atoms with Gasteiger partial charge in [-0.25, -0.2) is 0 Å². The maximum Gasteiger partial charge on any atom is 0.304 e. The fourth-order valence-corrected chi connectivity index (χ4v) is 2.23. The molecule has 16 heavy (non-hydrogen) atoms. The number of nitro groups is 1. The van der Waals surface area contributed by atoms with Crippen LogP contribution in [-0.2, 0) is 0 Å². The van der Waals surface area contributed by atoms with Crippen molar-refractivity contribution < 1.29 is 10.0 Å². The second-order valence-electron chi connectivity index (χ2n) is 3.33. The molecule has 1 N–H and O–H groups in total. The minimum absolute atomic E-state index is 0.0151. The van der Waals surface area contributed by atoms with Crippen LogP contribution in [0.15, 0.2) is 6.07 Å². The summed E-state index contributed by atoms with van der Waals surface area (Å²) in [5, 5.41) is 20.7. The van der Waals surface area contributed by atoms with E-state index in [-0.39, 0.29) is 5.69 Å². The fourth-order valence-electron chi connectivity index (χ4n) is 1.21. The van der Waals surface area contributed by atoms with Gasteiger partial charge in [0.15, 0.2) is 5.00 Å².